The van der Waals surface area contributed by atoms with Crippen LogP contribution < -0.4 is 10.2 Å². The number of hydrogen-bond acceptors (Lipinski definition) is 2. The highest BCUT2D eigenvalue weighted by Crippen LogP contribution is 2.40. The second-order valence-corrected chi connectivity index (χ2v) is 5.65. The molecule has 0 aliphatic carbocycles. The van der Waals surface area contributed by atoms with E-state index in [0.717, 1.165) is 5.02 Å². The van der Waals surface area contributed by atoms with Crippen LogP contribution in [0, 0.1) is 12.3 Å². The summed E-state index contributed by atoms with van der Waals surface area (Å²) >= 11 is 5.97. The quantitative estimate of drug-likeness (QED) is 0.806. The lowest BCUT2D eigenvalue weighted by Crippen LogP contribution is -2.57. The first-order valence-electron chi connectivity index (χ1n) is 5.90. The van der Waals surface area contributed by atoms with E-state index in [9.17, 15) is 0 Å². The molecule has 1 N–H and O–H groups in total. The first kappa shape index (κ1) is 10.4. The van der Waals surface area contributed by atoms with Crippen LogP contribution >= 0.6 is 11.6 Å². The van der Waals surface area contributed by atoms with Crippen LogP contribution in [0.15, 0.2) is 18.2 Å². The third-order valence-electron chi connectivity index (χ3n) is 3.88. The Balaban J connectivity index is 1.76. The Bertz CT molecular complexity index is 402. The highest BCUT2D eigenvalue weighted by molar-refractivity contribution is 6.30. The Morgan fingerprint density at radius 2 is 2.19 bits per heavy atom. The van der Waals surface area contributed by atoms with Crippen LogP contribution in [0.4, 0.5) is 5.69 Å². The predicted molar refractivity (Wildman–Crippen MR) is 68.3 cm³/mol. The molecule has 1 aromatic rings. The highest BCUT2D eigenvalue weighted by atomic mass is 35.5. The standard InChI is InChI=1S/C13H17ClN2/c1-10-6-11(14)2-3-12(10)16-8-13(9-16)4-5-15-7-13/h2-3,6,15H,4-5,7-9H2,1H3. The number of halogens is 1. The average molecular weight is 237 g/mol. The SMILES string of the molecule is Cc1cc(Cl)ccc1N1CC2(CCNC2)C1. The molecule has 3 heteroatoms. The zero-order valence-corrected chi connectivity index (χ0v) is 10.3. The maximum absolute atomic E-state index is 5.97. The zero-order chi connectivity index (χ0) is 11.2. The van der Waals surface area contributed by atoms with Gasteiger partial charge in [-0.25, -0.2) is 0 Å². The number of nitrogens with zero attached hydrogens (tertiary/aromatic N) is 1. The van der Waals surface area contributed by atoms with Crippen LogP contribution in [0.2, 0.25) is 5.02 Å². The van der Waals surface area contributed by atoms with E-state index >= 15 is 0 Å². The summed E-state index contributed by atoms with van der Waals surface area (Å²) in [6, 6.07) is 6.18. The van der Waals surface area contributed by atoms with Crippen molar-refractivity contribution in [3.8, 4) is 0 Å². The van der Waals surface area contributed by atoms with Crippen molar-refractivity contribution in [2.24, 2.45) is 5.41 Å². The smallest absolute Gasteiger partial charge is 0.0410 e. The monoisotopic (exact) mass is 236 g/mol. The molecule has 0 amide bonds. The summed E-state index contributed by atoms with van der Waals surface area (Å²) in [6.07, 6.45) is 1.33. The molecule has 16 heavy (non-hydrogen) atoms. The zero-order valence-electron chi connectivity index (χ0n) is 9.59. The van der Waals surface area contributed by atoms with E-state index in [1.165, 1.54) is 43.9 Å². The molecule has 86 valence electrons. The lowest BCUT2D eigenvalue weighted by molar-refractivity contribution is 0.243. The molecule has 2 aliphatic rings. The summed E-state index contributed by atoms with van der Waals surface area (Å²) in [4.78, 5) is 2.47. The van der Waals surface area contributed by atoms with E-state index < -0.39 is 0 Å². The minimum atomic E-state index is 0.562. The van der Waals surface area contributed by atoms with Crippen molar-refractivity contribution in [2.45, 2.75) is 13.3 Å². The fourth-order valence-electron chi connectivity index (χ4n) is 2.97. The van der Waals surface area contributed by atoms with Gasteiger partial charge < -0.3 is 10.2 Å². The molecule has 1 aromatic carbocycles. The van der Waals surface area contributed by atoms with Gasteiger partial charge in [0.25, 0.3) is 0 Å². The summed E-state index contributed by atoms with van der Waals surface area (Å²) in [5.41, 5.74) is 3.20. The van der Waals surface area contributed by atoms with Gasteiger partial charge in [0.1, 0.15) is 0 Å². The third kappa shape index (κ3) is 1.61. The molecule has 3 rings (SSSR count). The number of anilines is 1. The topological polar surface area (TPSA) is 15.3 Å². The van der Waals surface area contributed by atoms with Crippen molar-refractivity contribution in [2.75, 3.05) is 31.1 Å². The normalized spacial score (nSPS) is 22.5. The van der Waals surface area contributed by atoms with Crippen LogP contribution in [-0.2, 0) is 0 Å². The molecule has 0 bridgehead atoms. The summed E-state index contributed by atoms with van der Waals surface area (Å²) in [6.45, 7) is 6.91. The molecular weight excluding hydrogens is 220 g/mol. The van der Waals surface area contributed by atoms with E-state index in [0.29, 0.717) is 5.41 Å². The molecule has 0 radical (unpaired) electrons. The Labute approximate surface area is 102 Å². The summed E-state index contributed by atoms with van der Waals surface area (Å²) < 4.78 is 0. The van der Waals surface area contributed by atoms with Gasteiger partial charge in [-0.15, -0.1) is 0 Å². The maximum atomic E-state index is 5.97. The van der Waals surface area contributed by atoms with Gasteiger partial charge in [-0.1, -0.05) is 11.6 Å². The fourth-order valence-corrected chi connectivity index (χ4v) is 3.20. The Hall–Kier alpha value is -0.730. The minimum Gasteiger partial charge on any atom is -0.370 e. The number of nitrogens with one attached hydrogen (secondary N) is 1. The van der Waals surface area contributed by atoms with Crippen LogP contribution in [-0.4, -0.2) is 26.2 Å². The minimum absolute atomic E-state index is 0.562. The van der Waals surface area contributed by atoms with Gasteiger partial charge >= 0.3 is 0 Å². The maximum Gasteiger partial charge on any atom is 0.0410 e. The molecule has 2 aliphatic heterocycles. The van der Waals surface area contributed by atoms with Crippen molar-refractivity contribution >= 4 is 17.3 Å². The van der Waals surface area contributed by atoms with Crippen LogP contribution in [0.1, 0.15) is 12.0 Å². The first-order valence-corrected chi connectivity index (χ1v) is 6.28. The van der Waals surface area contributed by atoms with Crippen LogP contribution in [0.25, 0.3) is 0 Å². The van der Waals surface area contributed by atoms with E-state index in [4.69, 9.17) is 11.6 Å². The van der Waals surface area contributed by atoms with Crippen LogP contribution in [0.5, 0.6) is 0 Å². The molecular formula is C13H17ClN2. The third-order valence-corrected chi connectivity index (χ3v) is 4.12. The molecule has 2 fully saturated rings. The summed E-state index contributed by atoms with van der Waals surface area (Å²) in [5, 5.41) is 4.30. The molecule has 0 atom stereocenters. The van der Waals surface area contributed by atoms with Gasteiger partial charge in [0.2, 0.25) is 0 Å². The van der Waals surface area contributed by atoms with Crippen molar-refractivity contribution in [1.82, 2.24) is 5.32 Å². The molecule has 2 saturated heterocycles. The van der Waals surface area contributed by atoms with E-state index in [-0.39, 0.29) is 0 Å². The molecule has 0 unspecified atom stereocenters. The van der Waals surface area contributed by atoms with E-state index in [1.54, 1.807) is 0 Å². The first-order chi connectivity index (χ1) is 7.69. The molecule has 2 heterocycles. The molecule has 0 aromatic heterocycles. The van der Waals surface area contributed by atoms with Gasteiger partial charge in [0.05, 0.1) is 0 Å². The number of hydrogen-bond donors (Lipinski definition) is 1. The van der Waals surface area contributed by atoms with E-state index in [1.807, 2.05) is 6.07 Å². The summed E-state index contributed by atoms with van der Waals surface area (Å²) in [7, 11) is 0. The second kappa shape index (κ2) is 3.64. The Kier molecular flexibility index (Phi) is 2.37. The van der Waals surface area contributed by atoms with Crippen LogP contribution in [0.3, 0.4) is 0 Å². The Morgan fingerprint density at radius 1 is 1.38 bits per heavy atom. The lowest BCUT2D eigenvalue weighted by atomic mass is 9.78. The number of aryl methyl sites for hydroxylation is 1. The van der Waals surface area contributed by atoms with Crippen molar-refractivity contribution in [1.29, 1.82) is 0 Å². The van der Waals surface area contributed by atoms with Gasteiger partial charge in [-0.2, -0.15) is 0 Å². The summed E-state index contributed by atoms with van der Waals surface area (Å²) in [5.74, 6) is 0. The molecule has 1 spiro atoms. The van der Waals surface area contributed by atoms with Crippen molar-refractivity contribution in [3.63, 3.8) is 0 Å². The van der Waals surface area contributed by atoms with Gasteiger partial charge in [0.15, 0.2) is 0 Å². The average Bonchev–Trinajstić information content (AvgIpc) is 2.65. The number of rotatable bonds is 1. The Morgan fingerprint density at radius 3 is 2.81 bits per heavy atom. The predicted octanol–water partition coefficient (Wildman–Crippen LogP) is 2.45. The molecule has 2 nitrogen and oxygen atoms in total. The van der Waals surface area contributed by atoms with Crippen molar-refractivity contribution < 1.29 is 0 Å². The highest BCUT2D eigenvalue weighted by Gasteiger charge is 2.45. The van der Waals surface area contributed by atoms with Gasteiger partial charge in [-0.05, 0) is 43.7 Å². The molecule has 0 saturated carbocycles. The van der Waals surface area contributed by atoms with Crippen molar-refractivity contribution in [3.05, 3.63) is 28.8 Å². The van der Waals surface area contributed by atoms with Gasteiger partial charge in [0, 0.05) is 35.8 Å². The fraction of sp³-hybridized carbons (Fsp3) is 0.538. The number of benzene rings is 1. The second-order valence-electron chi connectivity index (χ2n) is 5.21. The largest absolute Gasteiger partial charge is 0.370 e. The van der Waals surface area contributed by atoms with Gasteiger partial charge in [-0.3, -0.25) is 0 Å². The lowest BCUT2D eigenvalue weighted by Gasteiger charge is -2.49. The van der Waals surface area contributed by atoms with E-state index in [2.05, 4.69) is 29.3 Å².